The van der Waals surface area contributed by atoms with Gasteiger partial charge >= 0.3 is 5.97 Å². The van der Waals surface area contributed by atoms with E-state index in [0.29, 0.717) is 18.5 Å². The Bertz CT molecular complexity index is 542. The maximum Gasteiger partial charge on any atom is 0.307 e. The second kappa shape index (κ2) is 6.48. The molecule has 1 rings (SSSR count). The summed E-state index contributed by atoms with van der Waals surface area (Å²) >= 11 is 1.35. The number of carbonyl (C=O) groups is 1. The van der Waals surface area contributed by atoms with E-state index < -0.39 is 13.0 Å². The number of hydrogen-bond donors (Lipinski definition) is 2. The van der Waals surface area contributed by atoms with Gasteiger partial charge < -0.3 is 10.8 Å². The van der Waals surface area contributed by atoms with Gasteiger partial charge in [-0.3, -0.25) is 4.79 Å². The first-order chi connectivity index (χ1) is 8.32. The lowest BCUT2D eigenvalue weighted by Gasteiger charge is -2.07. The van der Waals surface area contributed by atoms with Crippen LogP contribution in [0.5, 0.6) is 0 Å². The molecule has 0 saturated heterocycles. The van der Waals surface area contributed by atoms with Crippen LogP contribution in [-0.2, 0) is 24.6 Å². The van der Waals surface area contributed by atoms with Gasteiger partial charge in [-0.1, -0.05) is 6.07 Å². The molecule has 0 aliphatic heterocycles. The van der Waals surface area contributed by atoms with E-state index in [1.165, 1.54) is 27.3 Å². The van der Waals surface area contributed by atoms with Gasteiger partial charge in [0.2, 0.25) is 7.01 Å². The molecule has 5 nitrogen and oxygen atoms in total. The van der Waals surface area contributed by atoms with Gasteiger partial charge in [0.05, 0.1) is 32.5 Å². The molecule has 3 N–H and O–H groups in total. The molecule has 0 radical (unpaired) electrons. The lowest BCUT2D eigenvalue weighted by Crippen LogP contribution is -2.05. The summed E-state index contributed by atoms with van der Waals surface area (Å²) in [7, 11) is -3.36. The number of benzene rings is 1. The van der Waals surface area contributed by atoms with Gasteiger partial charge in [-0.2, -0.15) is 0 Å². The summed E-state index contributed by atoms with van der Waals surface area (Å²) < 4.78 is 23.0. The third-order valence-electron chi connectivity index (χ3n) is 2.33. The minimum absolute atomic E-state index is 0.147. The van der Waals surface area contributed by atoms with Crippen molar-refractivity contribution in [3.8, 4) is 0 Å². The second-order valence-corrected chi connectivity index (χ2v) is 8.71. The van der Waals surface area contributed by atoms with Crippen LogP contribution in [-0.4, -0.2) is 26.0 Å². The molecular weight excluding hydrogens is 369 g/mol. The molecular formula is C11H14INO4S. The van der Waals surface area contributed by atoms with Gasteiger partial charge in [-0.15, -0.1) is 0 Å². The predicted octanol–water partition coefficient (Wildman–Crippen LogP) is 1.33. The number of carboxylic acids is 1. The topological polar surface area (TPSA) is 97.5 Å². The van der Waals surface area contributed by atoms with E-state index in [1.807, 2.05) is 0 Å². The maximum absolute atomic E-state index is 11.5. The number of rotatable bonds is 6. The highest BCUT2D eigenvalue weighted by molar-refractivity contribution is 14.2. The monoisotopic (exact) mass is 383 g/mol. The van der Waals surface area contributed by atoms with Gasteiger partial charge in [-0.25, -0.2) is 8.42 Å². The van der Waals surface area contributed by atoms with Gasteiger partial charge in [0.15, 0.2) is 0 Å². The van der Waals surface area contributed by atoms with Crippen LogP contribution in [0.25, 0.3) is 0 Å². The Balaban J connectivity index is 3.15. The van der Waals surface area contributed by atoms with Crippen LogP contribution in [0.3, 0.4) is 0 Å². The molecule has 0 atom stereocenters. The van der Waals surface area contributed by atoms with Crippen LogP contribution in [0.4, 0.5) is 0 Å². The minimum Gasteiger partial charge on any atom is -0.481 e. The van der Waals surface area contributed by atoms with Crippen molar-refractivity contribution in [2.24, 2.45) is 5.73 Å². The Morgan fingerprint density at radius 3 is 2.39 bits per heavy atom. The van der Waals surface area contributed by atoms with Crippen molar-refractivity contribution in [2.45, 2.75) is 24.2 Å². The summed E-state index contributed by atoms with van der Waals surface area (Å²) in [5, 5.41) is 8.76. The number of carboxylic acid groups (broad SMARTS) is 1. The summed E-state index contributed by atoms with van der Waals surface area (Å²) in [6, 6.07) is 4.69. The van der Waals surface area contributed by atoms with E-state index in [1.54, 1.807) is 12.1 Å². The van der Waals surface area contributed by atoms with Crippen molar-refractivity contribution in [2.75, 3.05) is 6.54 Å². The molecule has 0 amide bonds. The Morgan fingerprint density at radius 2 is 1.89 bits per heavy atom. The van der Waals surface area contributed by atoms with Gasteiger partial charge in [0, 0.05) is 0 Å². The summed E-state index contributed by atoms with van der Waals surface area (Å²) in [5.41, 5.74) is 6.70. The molecule has 0 fully saturated rings. The SMILES string of the molecule is NCCCc1cc(CC(=O)O)cc(S(=O)(=O)I)c1. The van der Waals surface area contributed by atoms with Crippen molar-refractivity contribution in [1.29, 1.82) is 0 Å². The van der Waals surface area contributed by atoms with Crippen molar-refractivity contribution in [1.82, 2.24) is 0 Å². The molecule has 18 heavy (non-hydrogen) atoms. The van der Waals surface area contributed by atoms with E-state index in [4.69, 9.17) is 10.8 Å². The first kappa shape index (κ1) is 15.4. The third kappa shape index (κ3) is 4.91. The highest BCUT2D eigenvalue weighted by Crippen LogP contribution is 2.22. The zero-order chi connectivity index (χ0) is 13.8. The highest BCUT2D eigenvalue weighted by Gasteiger charge is 2.13. The molecule has 1 aromatic carbocycles. The average Bonchev–Trinajstić information content (AvgIpc) is 2.24. The molecule has 0 spiro atoms. The zero-order valence-electron chi connectivity index (χ0n) is 9.60. The molecule has 0 bridgehead atoms. The van der Waals surface area contributed by atoms with Crippen molar-refractivity contribution >= 4 is 34.2 Å². The minimum atomic E-state index is -3.36. The van der Waals surface area contributed by atoms with E-state index in [-0.39, 0.29) is 11.3 Å². The summed E-state index contributed by atoms with van der Waals surface area (Å²) in [6.07, 6.45) is 1.19. The Labute approximate surface area is 118 Å². The van der Waals surface area contributed by atoms with Crippen molar-refractivity contribution in [3.05, 3.63) is 29.3 Å². The van der Waals surface area contributed by atoms with Crippen LogP contribution < -0.4 is 5.73 Å². The Hall–Kier alpha value is -0.670. The van der Waals surface area contributed by atoms with E-state index in [2.05, 4.69) is 0 Å². The molecule has 0 aliphatic carbocycles. The molecule has 7 heteroatoms. The number of aliphatic carboxylic acids is 1. The second-order valence-electron chi connectivity index (χ2n) is 3.89. The van der Waals surface area contributed by atoms with E-state index in [9.17, 15) is 13.2 Å². The fourth-order valence-corrected chi connectivity index (χ4v) is 2.94. The third-order valence-corrected chi connectivity index (χ3v) is 4.66. The van der Waals surface area contributed by atoms with Crippen LogP contribution >= 0.6 is 21.2 Å². The van der Waals surface area contributed by atoms with Crippen LogP contribution in [0.1, 0.15) is 17.5 Å². The van der Waals surface area contributed by atoms with Crippen LogP contribution in [0.2, 0.25) is 0 Å². The van der Waals surface area contributed by atoms with Gasteiger partial charge in [-0.05, 0) is 42.6 Å². The standard InChI is InChI=1S/C11H14INO4S/c12-18(16,17)10-5-8(2-1-3-13)4-9(6-10)7-11(14)15/h4-6H,1-3,7,13H2,(H,14,15). The lowest BCUT2D eigenvalue weighted by molar-refractivity contribution is -0.136. The van der Waals surface area contributed by atoms with Crippen molar-refractivity contribution in [3.63, 3.8) is 0 Å². The van der Waals surface area contributed by atoms with Crippen LogP contribution in [0, 0.1) is 0 Å². The Morgan fingerprint density at radius 1 is 1.28 bits per heavy atom. The Kier molecular flexibility index (Phi) is 5.54. The normalized spacial score (nSPS) is 11.4. The first-order valence-corrected chi connectivity index (χ1v) is 9.35. The molecule has 1 aromatic rings. The molecule has 0 unspecified atom stereocenters. The quantitative estimate of drug-likeness (QED) is 0.571. The number of hydrogen-bond acceptors (Lipinski definition) is 4. The lowest BCUT2D eigenvalue weighted by atomic mass is 10.0. The molecule has 100 valence electrons. The summed E-state index contributed by atoms with van der Waals surface area (Å²) in [4.78, 5) is 10.8. The number of halogens is 1. The number of aryl methyl sites for hydroxylation is 1. The summed E-state index contributed by atoms with van der Waals surface area (Å²) in [5.74, 6) is -0.984. The molecule has 0 saturated carbocycles. The fourth-order valence-electron chi connectivity index (χ4n) is 1.60. The smallest absolute Gasteiger partial charge is 0.307 e. The van der Waals surface area contributed by atoms with Crippen molar-refractivity contribution < 1.29 is 18.3 Å². The maximum atomic E-state index is 11.5. The zero-order valence-corrected chi connectivity index (χ0v) is 12.6. The molecule has 0 aliphatic rings. The van der Waals surface area contributed by atoms with E-state index >= 15 is 0 Å². The van der Waals surface area contributed by atoms with Gasteiger partial charge in [0.25, 0.3) is 0 Å². The predicted molar refractivity (Wildman–Crippen MR) is 76.4 cm³/mol. The number of nitrogens with two attached hydrogens (primary N) is 1. The molecule has 0 aromatic heterocycles. The van der Waals surface area contributed by atoms with E-state index in [0.717, 1.165) is 12.0 Å². The highest BCUT2D eigenvalue weighted by atomic mass is 127. The average molecular weight is 383 g/mol. The van der Waals surface area contributed by atoms with Gasteiger partial charge in [0.1, 0.15) is 0 Å². The fraction of sp³-hybridized carbons (Fsp3) is 0.364. The largest absolute Gasteiger partial charge is 0.481 e. The first-order valence-electron chi connectivity index (χ1n) is 5.32. The van der Waals surface area contributed by atoms with Crippen LogP contribution in [0.15, 0.2) is 23.1 Å². The molecule has 0 heterocycles. The summed E-state index contributed by atoms with van der Waals surface area (Å²) in [6.45, 7) is 0.509.